The van der Waals surface area contributed by atoms with Crippen LogP contribution in [-0.2, 0) is 47.5 Å². The number of hydrogen-bond donors (Lipinski definition) is 11. The topological polar surface area (TPSA) is 331 Å². The lowest BCUT2D eigenvalue weighted by molar-refractivity contribution is -0.400. The number of rotatable bonds is 13. The maximum Gasteiger partial charge on any atom is 0.187 e. The van der Waals surface area contributed by atoms with Crippen LogP contribution in [0, 0.1) is 45.3 Å². The molecule has 4 aliphatic carbocycles. The Morgan fingerprint density at radius 1 is 0.613 bits per heavy atom. The molecule has 0 spiro atoms. The van der Waals surface area contributed by atoms with Crippen LogP contribution in [0.1, 0.15) is 128 Å². The fraction of sp³-hybridized carbons (Fsp3) is 0.926. The highest BCUT2D eigenvalue weighted by molar-refractivity contribution is 5.91. The highest BCUT2D eigenvalue weighted by Gasteiger charge is 2.72. The van der Waals surface area contributed by atoms with Gasteiger partial charge >= 0.3 is 0 Å². The second kappa shape index (κ2) is 21.7. The number of carbonyl (C=O) groups excluding carboxylic acids is 2. The number of ketones is 2. The molecule has 29 atom stereocenters. The van der Waals surface area contributed by atoms with Gasteiger partial charge in [0.25, 0.3) is 0 Å². The number of Topliss-reactive ketones (excluding diaryl/α,β-unsaturated/α-hetero) is 1. The molecule has 4 saturated heterocycles. The third-order valence-corrected chi connectivity index (χ3v) is 20.2. The van der Waals surface area contributed by atoms with E-state index in [1.165, 1.54) is 20.8 Å². The summed E-state index contributed by atoms with van der Waals surface area (Å²) < 4.78 is 49.9. The first kappa shape index (κ1) is 59.4. The van der Waals surface area contributed by atoms with E-state index in [1.807, 2.05) is 13.8 Å². The molecule has 0 aromatic carbocycles. The number of aliphatic hydroxyl groups is 11. The Balaban J connectivity index is 1.10. The molecule has 0 radical (unpaired) electrons. The zero-order valence-electron chi connectivity index (χ0n) is 45.4. The van der Waals surface area contributed by atoms with Crippen molar-refractivity contribution in [1.29, 1.82) is 0 Å². The van der Waals surface area contributed by atoms with Crippen molar-refractivity contribution in [1.82, 2.24) is 0 Å². The van der Waals surface area contributed by atoms with Crippen LogP contribution >= 0.6 is 0 Å². The summed E-state index contributed by atoms with van der Waals surface area (Å²) in [6, 6.07) is 0. The molecule has 8 rings (SSSR count). The van der Waals surface area contributed by atoms with Gasteiger partial charge in [-0.3, -0.25) is 9.59 Å². The Morgan fingerprint density at radius 2 is 1.12 bits per heavy atom. The van der Waals surface area contributed by atoms with Gasteiger partial charge in [0, 0.05) is 18.8 Å². The zero-order chi connectivity index (χ0) is 55.4. The highest BCUT2D eigenvalue weighted by atomic mass is 16.8. The van der Waals surface area contributed by atoms with Gasteiger partial charge in [-0.1, -0.05) is 40.2 Å². The Labute approximate surface area is 439 Å². The summed E-state index contributed by atoms with van der Waals surface area (Å²) in [5.74, 6) is -0.942. The lowest BCUT2D eigenvalue weighted by Crippen LogP contribution is -2.68. The van der Waals surface area contributed by atoms with Crippen LogP contribution in [0.25, 0.3) is 0 Å². The van der Waals surface area contributed by atoms with Gasteiger partial charge in [-0.05, 0) is 126 Å². The Hall–Kier alpha value is -1.68. The van der Waals surface area contributed by atoms with E-state index in [-0.39, 0.29) is 46.6 Å². The number of fused-ring (bicyclic) bond motifs is 5. The van der Waals surface area contributed by atoms with Crippen molar-refractivity contribution in [2.45, 2.75) is 262 Å². The molecule has 8 aliphatic rings. The number of aliphatic hydroxyl groups excluding tert-OH is 10. The van der Waals surface area contributed by atoms with Crippen molar-refractivity contribution in [3.05, 3.63) is 11.6 Å². The number of ether oxygens (including phenoxy) is 8. The van der Waals surface area contributed by atoms with Gasteiger partial charge in [-0.15, -0.1) is 0 Å². The molecule has 4 heterocycles. The van der Waals surface area contributed by atoms with E-state index < -0.39 is 158 Å². The molecule has 0 amide bonds. The molecule has 8 fully saturated rings. The minimum atomic E-state index is -1.87. The quantitative estimate of drug-likeness (QED) is 0.0871. The summed E-state index contributed by atoms with van der Waals surface area (Å²) in [5.41, 5.74) is -2.35. The van der Waals surface area contributed by atoms with Gasteiger partial charge in [-0.2, -0.15) is 0 Å². The summed E-state index contributed by atoms with van der Waals surface area (Å²) in [4.78, 5) is 27.9. The fourth-order valence-corrected chi connectivity index (χ4v) is 15.7. The van der Waals surface area contributed by atoms with Crippen LogP contribution in [-0.4, -0.2) is 209 Å². The summed E-state index contributed by atoms with van der Waals surface area (Å²) in [6.07, 6.45) is -26.2. The predicted octanol–water partition coefficient (Wildman–Crippen LogP) is 0.267. The minimum Gasteiger partial charge on any atom is -0.389 e. The maximum absolute atomic E-state index is 14.8. The summed E-state index contributed by atoms with van der Waals surface area (Å²) in [7, 11) is 0. The minimum absolute atomic E-state index is 0.0358. The lowest BCUT2D eigenvalue weighted by atomic mass is 9.35. The van der Waals surface area contributed by atoms with Crippen LogP contribution in [0.5, 0.6) is 0 Å². The molecular weight excluding hydrogens is 985 g/mol. The van der Waals surface area contributed by atoms with Gasteiger partial charge in [-0.25, -0.2) is 0 Å². The average Bonchev–Trinajstić information content (AvgIpc) is 3.72. The van der Waals surface area contributed by atoms with Crippen LogP contribution in [0.15, 0.2) is 11.6 Å². The summed E-state index contributed by atoms with van der Waals surface area (Å²) in [6.45, 7) is 20.2. The normalized spacial score (nSPS) is 52.7. The van der Waals surface area contributed by atoms with Gasteiger partial charge in [0.15, 0.2) is 30.9 Å². The molecule has 75 heavy (non-hydrogen) atoms. The second-order valence-corrected chi connectivity index (χ2v) is 25.6. The van der Waals surface area contributed by atoms with Crippen molar-refractivity contribution in [2.75, 3.05) is 6.61 Å². The summed E-state index contributed by atoms with van der Waals surface area (Å²) in [5, 5.41) is 122. The number of carbonyl (C=O) groups is 2. The van der Waals surface area contributed by atoms with E-state index in [4.69, 9.17) is 37.9 Å². The Kier molecular flexibility index (Phi) is 17.2. The van der Waals surface area contributed by atoms with E-state index in [0.717, 1.165) is 24.8 Å². The van der Waals surface area contributed by atoms with Crippen LogP contribution in [0.3, 0.4) is 0 Å². The number of hydrogen-bond acceptors (Lipinski definition) is 21. The molecule has 9 unspecified atom stereocenters. The molecular formula is C54H88O21. The Morgan fingerprint density at radius 3 is 1.67 bits per heavy atom. The van der Waals surface area contributed by atoms with Gasteiger partial charge in [0.05, 0.1) is 36.6 Å². The highest BCUT2D eigenvalue weighted by Crippen LogP contribution is 2.75. The van der Waals surface area contributed by atoms with Gasteiger partial charge in [0.2, 0.25) is 0 Å². The SMILES string of the molecule is CC(C)=CC(=O)CC(C)(O)C1CCC2(C)C1C(=O)CC1C3(C)CCC(O[C@@H]4O[C@H](CO[C@@H]5O[C@H](C)[C@H](O)[C@@H](O)[C@H]5O)[C@@H](O)[C@@H](O[C@@H]5O[C@H](C)[C@@H](O)[C@@H](O)[C@H]5O)[C@H]4O[C@@H]4O[C@H](C)[C@@H](O)[C@@H](O)[C@H]4O)C(C)(C)C3CCC12C. The molecule has 0 aromatic heterocycles. The van der Waals surface area contributed by atoms with E-state index in [1.54, 1.807) is 13.0 Å². The first-order valence-corrected chi connectivity index (χ1v) is 27.2. The van der Waals surface area contributed by atoms with Crippen LogP contribution in [0.4, 0.5) is 0 Å². The van der Waals surface area contributed by atoms with Crippen molar-refractivity contribution < 1.29 is 104 Å². The molecule has 21 heteroatoms. The van der Waals surface area contributed by atoms with Crippen molar-refractivity contribution >= 4 is 11.6 Å². The standard InChI is InChI=1S/C54H88O21/c1-22(2)18-26(55)20-54(11,67)27-12-16-53(10)33(27)28(56)19-31-51(8)15-14-32(50(6,7)30(51)13-17-52(31,53)9)73-49-45(75-48-43(66)40(63)36(59)25(5)71-48)44(74-47-42(65)39(62)35(58)24(4)70-47)37(60)29(72-49)21-68-46-41(64)38(61)34(57)23(3)69-46/h18,23-25,27,29-49,57-67H,12-17,19-21H2,1-11H3/t23-,24-,25-,27?,29-,30?,31?,32?,33?,34+,35-,36-,37-,38-,39-,40-,41-,42-,43-,44-,45-,46-,47+,48+,49+,51?,52?,53?,54?/m1/s1. The first-order chi connectivity index (χ1) is 34.8. The van der Waals surface area contributed by atoms with Crippen molar-refractivity contribution in [2.24, 2.45) is 45.3 Å². The van der Waals surface area contributed by atoms with Crippen molar-refractivity contribution in [3.63, 3.8) is 0 Å². The van der Waals surface area contributed by atoms with E-state index in [9.17, 15) is 65.8 Å². The van der Waals surface area contributed by atoms with Crippen molar-refractivity contribution in [3.8, 4) is 0 Å². The maximum atomic E-state index is 14.8. The summed E-state index contributed by atoms with van der Waals surface area (Å²) >= 11 is 0. The van der Waals surface area contributed by atoms with Crippen LogP contribution < -0.4 is 0 Å². The van der Waals surface area contributed by atoms with Gasteiger partial charge in [0.1, 0.15) is 85.1 Å². The molecule has 4 aliphatic heterocycles. The third kappa shape index (κ3) is 10.4. The first-order valence-electron chi connectivity index (χ1n) is 27.2. The monoisotopic (exact) mass is 1070 g/mol. The second-order valence-electron chi connectivity index (χ2n) is 25.6. The zero-order valence-corrected chi connectivity index (χ0v) is 45.4. The third-order valence-electron chi connectivity index (χ3n) is 20.2. The molecule has 0 aromatic rings. The molecule has 4 saturated carbocycles. The molecule has 11 N–H and O–H groups in total. The predicted molar refractivity (Wildman–Crippen MR) is 261 cm³/mol. The van der Waals surface area contributed by atoms with E-state index in [0.29, 0.717) is 25.7 Å². The average molecular weight is 1070 g/mol. The van der Waals surface area contributed by atoms with Gasteiger partial charge < -0.3 is 94.1 Å². The van der Waals surface area contributed by atoms with E-state index >= 15 is 0 Å². The fourth-order valence-electron chi connectivity index (χ4n) is 15.7. The molecule has 21 nitrogen and oxygen atoms in total. The molecule has 430 valence electrons. The molecule has 0 bridgehead atoms. The number of allylic oxidation sites excluding steroid dienone is 2. The lowest BCUT2D eigenvalue weighted by Gasteiger charge is -2.69. The van der Waals surface area contributed by atoms with Crippen LogP contribution in [0.2, 0.25) is 0 Å². The Bertz CT molecular complexity index is 2070. The van der Waals surface area contributed by atoms with E-state index in [2.05, 4.69) is 34.6 Å². The largest absolute Gasteiger partial charge is 0.389 e. The smallest absolute Gasteiger partial charge is 0.187 e.